The van der Waals surface area contributed by atoms with Crippen LogP contribution in [-0.2, 0) is 33.4 Å². The van der Waals surface area contributed by atoms with Crippen LogP contribution in [0.1, 0.15) is 16.8 Å². The van der Waals surface area contributed by atoms with Gasteiger partial charge in [-0.25, -0.2) is 17.2 Å². The molecule has 4 aromatic rings. The van der Waals surface area contributed by atoms with Crippen LogP contribution in [0.3, 0.4) is 0 Å². The van der Waals surface area contributed by atoms with Gasteiger partial charge in [-0.15, -0.1) is 0 Å². The maximum Gasteiger partial charge on any atom is 0.223 e. The molecule has 8 heteroatoms. The van der Waals surface area contributed by atoms with Crippen LogP contribution in [0.25, 0.3) is 10.9 Å². The van der Waals surface area contributed by atoms with Gasteiger partial charge in [0.05, 0.1) is 23.6 Å². The second-order valence-electron chi connectivity index (χ2n) is 7.47. The van der Waals surface area contributed by atoms with Crippen molar-refractivity contribution in [3.8, 4) is 0 Å². The highest BCUT2D eigenvalue weighted by Gasteiger charge is 2.29. The number of carbonyl (C=O) groups is 1. The van der Waals surface area contributed by atoms with E-state index in [9.17, 15) is 22.0 Å². The van der Waals surface area contributed by atoms with Crippen molar-refractivity contribution < 1.29 is 22.0 Å². The molecule has 0 radical (unpaired) electrons. The van der Waals surface area contributed by atoms with E-state index in [4.69, 9.17) is 5.73 Å². The molecule has 3 aromatic carbocycles. The first kappa shape index (κ1) is 21.7. The van der Waals surface area contributed by atoms with Gasteiger partial charge >= 0.3 is 0 Å². The average Bonchev–Trinajstić information content (AvgIpc) is 3.04. The van der Waals surface area contributed by atoms with E-state index in [1.54, 1.807) is 54.6 Å². The Labute approximate surface area is 184 Å². The van der Waals surface area contributed by atoms with Gasteiger partial charge in [0, 0.05) is 22.2 Å². The molecule has 0 saturated heterocycles. The van der Waals surface area contributed by atoms with Crippen LogP contribution in [0.4, 0.5) is 8.78 Å². The van der Waals surface area contributed by atoms with Gasteiger partial charge in [0.15, 0.2) is 9.84 Å². The van der Waals surface area contributed by atoms with Gasteiger partial charge in [-0.3, -0.25) is 4.79 Å². The van der Waals surface area contributed by atoms with E-state index in [2.05, 4.69) is 0 Å². The van der Waals surface area contributed by atoms with Crippen molar-refractivity contribution in [3.63, 3.8) is 0 Å². The SMILES string of the molecule is NC(=O)Cc1c(S(=O)(=O)Cc2ccccc2)c2ccccc2n1Cc1c(F)cccc1F. The average molecular weight is 454 g/mol. The van der Waals surface area contributed by atoms with E-state index >= 15 is 0 Å². The molecule has 1 aromatic heterocycles. The number of halogens is 2. The molecule has 0 unspecified atom stereocenters. The van der Waals surface area contributed by atoms with E-state index in [-0.39, 0.29) is 28.5 Å². The monoisotopic (exact) mass is 454 g/mol. The molecule has 0 aliphatic carbocycles. The number of para-hydroxylation sites is 1. The van der Waals surface area contributed by atoms with Crippen LogP contribution in [0.2, 0.25) is 0 Å². The molecule has 4 rings (SSSR count). The number of primary amides is 1. The lowest BCUT2D eigenvalue weighted by Gasteiger charge is -2.13. The van der Waals surface area contributed by atoms with E-state index in [1.165, 1.54) is 10.6 Å². The summed E-state index contributed by atoms with van der Waals surface area (Å²) in [5.74, 6) is -2.57. The lowest BCUT2D eigenvalue weighted by molar-refractivity contribution is -0.117. The van der Waals surface area contributed by atoms with Crippen molar-refractivity contribution in [1.29, 1.82) is 0 Å². The number of carbonyl (C=O) groups excluding carboxylic acids is 1. The highest BCUT2D eigenvalue weighted by molar-refractivity contribution is 7.91. The van der Waals surface area contributed by atoms with E-state index < -0.39 is 33.8 Å². The Morgan fingerprint density at radius 3 is 2.16 bits per heavy atom. The standard InChI is InChI=1S/C24H20F2N2O3S/c25-19-10-6-11-20(26)18(19)14-28-21-12-5-4-9-17(21)24(22(28)13-23(27)29)32(30,31)15-16-7-2-1-3-8-16/h1-12H,13-15H2,(H2,27,29). The third-order valence-corrected chi connectivity index (χ3v) is 7.05. The Bertz CT molecular complexity index is 1390. The predicted molar refractivity (Wildman–Crippen MR) is 118 cm³/mol. The van der Waals surface area contributed by atoms with Crippen LogP contribution in [-0.4, -0.2) is 18.9 Å². The summed E-state index contributed by atoms with van der Waals surface area (Å²) in [6.07, 6.45) is -0.395. The van der Waals surface area contributed by atoms with Crippen molar-refractivity contribution in [2.45, 2.75) is 23.6 Å². The first-order chi connectivity index (χ1) is 15.3. The first-order valence-electron chi connectivity index (χ1n) is 9.86. The number of benzene rings is 3. The molecule has 0 saturated carbocycles. The quantitative estimate of drug-likeness (QED) is 0.459. The lowest BCUT2D eigenvalue weighted by atomic mass is 10.2. The number of nitrogens with zero attached hydrogens (tertiary/aromatic N) is 1. The van der Waals surface area contributed by atoms with E-state index in [0.29, 0.717) is 16.5 Å². The fourth-order valence-electron chi connectivity index (χ4n) is 3.90. The Morgan fingerprint density at radius 1 is 0.875 bits per heavy atom. The van der Waals surface area contributed by atoms with E-state index in [1.807, 2.05) is 0 Å². The number of amides is 1. The minimum atomic E-state index is -3.92. The zero-order chi connectivity index (χ0) is 22.9. The summed E-state index contributed by atoms with van der Waals surface area (Å²) in [6, 6.07) is 18.8. The molecule has 5 nitrogen and oxygen atoms in total. The fraction of sp³-hybridized carbons (Fsp3) is 0.125. The summed E-state index contributed by atoms with van der Waals surface area (Å²) in [5.41, 5.74) is 6.34. The summed E-state index contributed by atoms with van der Waals surface area (Å²) >= 11 is 0. The molecule has 0 bridgehead atoms. The maximum absolute atomic E-state index is 14.4. The zero-order valence-electron chi connectivity index (χ0n) is 17.0. The van der Waals surface area contributed by atoms with Crippen molar-refractivity contribution in [2.75, 3.05) is 0 Å². The number of hydrogen-bond donors (Lipinski definition) is 1. The normalized spacial score (nSPS) is 11.7. The minimum Gasteiger partial charge on any atom is -0.369 e. The van der Waals surface area contributed by atoms with Crippen molar-refractivity contribution >= 4 is 26.6 Å². The number of sulfone groups is 1. The van der Waals surface area contributed by atoms with Gasteiger partial charge in [-0.1, -0.05) is 54.6 Å². The number of fused-ring (bicyclic) bond motifs is 1. The van der Waals surface area contributed by atoms with Crippen molar-refractivity contribution in [1.82, 2.24) is 4.57 Å². The Morgan fingerprint density at radius 2 is 1.50 bits per heavy atom. The van der Waals surface area contributed by atoms with Gasteiger partial charge < -0.3 is 10.3 Å². The minimum absolute atomic E-state index is 0.0486. The zero-order valence-corrected chi connectivity index (χ0v) is 17.8. The molecule has 0 aliphatic rings. The molecule has 164 valence electrons. The number of hydrogen-bond acceptors (Lipinski definition) is 3. The molecule has 32 heavy (non-hydrogen) atoms. The Kier molecular flexibility index (Phi) is 5.80. The predicted octanol–water partition coefficient (Wildman–Crippen LogP) is 3.97. The molecular formula is C24H20F2N2O3S. The molecular weight excluding hydrogens is 434 g/mol. The molecule has 0 atom stereocenters. The summed E-state index contributed by atoms with van der Waals surface area (Å²) in [7, 11) is -3.92. The molecule has 1 amide bonds. The topological polar surface area (TPSA) is 82.2 Å². The highest BCUT2D eigenvalue weighted by Crippen LogP contribution is 2.34. The number of nitrogens with two attached hydrogens (primary N) is 1. The third-order valence-electron chi connectivity index (χ3n) is 5.26. The van der Waals surface area contributed by atoms with Crippen LogP contribution >= 0.6 is 0 Å². The highest BCUT2D eigenvalue weighted by atomic mass is 32.2. The van der Waals surface area contributed by atoms with Crippen LogP contribution < -0.4 is 5.73 Å². The molecule has 2 N–H and O–H groups in total. The van der Waals surface area contributed by atoms with E-state index in [0.717, 1.165) is 12.1 Å². The molecule has 0 fully saturated rings. The summed E-state index contributed by atoms with van der Waals surface area (Å²) < 4.78 is 57.3. The van der Waals surface area contributed by atoms with Gasteiger partial charge in [0.2, 0.25) is 5.91 Å². The fourth-order valence-corrected chi connectivity index (χ4v) is 5.72. The number of rotatable bonds is 7. The summed E-state index contributed by atoms with van der Waals surface area (Å²) in [5, 5.41) is 0.372. The van der Waals surface area contributed by atoms with Gasteiger partial charge in [0.25, 0.3) is 0 Å². The largest absolute Gasteiger partial charge is 0.369 e. The van der Waals surface area contributed by atoms with Crippen molar-refractivity contribution in [3.05, 3.63) is 101 Å². The second-order valence-corrected chi connectivity index (χ2v) is 9.39. The molecule has 0 aliphatic heterocycles. The van der Waals surface area contributed by atoms with Crippen LogP contribution in [0.5, 0.6) is 0 Å². The third kappa shape index (κ3) is 4.13. The summed E-state index contributed by atoms with van der Waals surface area (Å²) in [6.45, 7) is -0.289. The second kappa shape index (κ2) is 8.55. The smallest absolute Gasteiger partial charge is 0.223 e. The van der Waals surface area contributed by atoms with Crippen LogP contribution in [0.15, 0.2) is 77.7 Å². The number of aromatic nitrogens is 1. The van der Waals surface area contributed by atoms with Gasteiger partial charge in [-0.05, 0) is 23.8 Å². The molecule has 0 spiro atoms. The van der Waals surface area contributed by atoms with Crippen molar-refractivity contribution in [2.24, 2.45) is 5.73 Å². The molecule has 1 heterocycles. The lowest BCUT2D eigenvalue weighted by Crippen LogP contribution is -2.20. The van der Waals surface area contributed by atoms with Crippen LogP contribution in [0, 0.1) is 11.6 Å². The summed E-state index contributed by atoms with van der Waals surface area (Å²) in [4.78, 5) is 11.8. The Balaban J connectivity index is 1.96. The maximum atomic E-state index is 14.4. The van der Waals surface area contributed by atoms with Gasteiger partial charge in [0.1, 0.15) is 11.6 Å². The Hall–Kier alpha value is -3.52. The first-order valence-corrected chi connectivity index (χ1v) is 11.5. The van der Waals surface area contributed by atoms with Gasteiger partial charge in [-0.2, -0.15) is 0 Å².